The summed E-state index contributed by atoms with van der Waals surface area (Å²) in [5, 5.41) is 0. The van der Waals surface area contributed by atoms with Gasteiger partial charge in [0.1, 0.15) is 0 Å². The second-order valence-electron chi connectivity index (χ2n) is 3.18. The molecule has 11 heavy (non-hydrogen) atoms. The van der Waals surface area contributed by atoms with E-state index in [1.54, 1.807) is 0 Å². The first-order chi connectivity index (χ1) is 5.08. The van der Waals surface area contributed by atoms with Crippen molar-refractivity contribution in [2.24, 2.45) is 5.92 Å². The van der Waals surface area contributed by atoms with Crippen LogP contribution in [0.15, 0.2) is 0 Å². The van der Waals surface area contributed by atoms with E-state index in [1.807, 2.05) is 0 Å². The Morgan fingerprint density at radius 2 is 2.00 bits per heavy atom. The van der Waals surface area contributed by atoms with E-state index in [4.69, 9.17) is 0 Å². The summed E-state index contributed by atoms with van der Waals surface area (Å²) in [5.74, 6) is 0.389. The number of rotatable bonds is 4. The molecular formula is C7H13FO2S. The Hall–Kier alpha value is -0.120. The molecule has 0 radical (unpaired) electrons. The highest BCUT2D eigenvalue weighted by Gasteiger charge is 2.17. The first kappa shape index (κ1) is 8.97. The first-order valence-electron chi connectivity index (χ1n) is 4.00. The first-order valence-corrected chi connectivity index (χ1v) is 5.55. The molecule has 0 amide bonds. The van der Waals surface area contributed by atoms with Gasteiger partial charge < -0.3 is 0 Å². The molecule has 2 nitrogen and oxygen atoms in total. The molecule has 1 aliphatic carbocycles. The summed E-state index contributed by atoms with van der Waals surface area (Å²) in [7, 11) is -4.20. The summed E-state index contributed by atoms with van der Waals surface area (Å²) in [5.41, 5.74) is 0. The molecule has 4 heteroatoms. The molecule has 66 valence electrons. The summed E-state index contributed by atoms with van der Waals surface area (Å²) in [4.78, 5) is 0. The molecule has 0 heterocycles. The van der Waals surface area contributed by atoms with Gasteiger partial charge in [-0.3, -0.25) is 0 Å². The van der Waals surface area contributed by atoms with Gasteiger partial charge in [0, 0.05) is 0 Å². The molecule has 0 aromatic rings. The highest BCUT2D eigenvalue weighted by Crippen LogP contribution is 2.30. The third-order valence-corrected chi connectivity index (χ3v) is 3.00. The molecule has 0 aromatic heterocycles. The van der Waals surface area contributed by atoms with Gasteiger partial charge >= 0.3 is 10.2 Å². The Morgan fingerprint density at radius 3 is 2.36 bits per heavy atom. The Kier molecular flexibility index (Phi) is 2.87. The summed E-state index contributed by atoms with van der Waals surface area (Å²) in [6.45, 7) is 0. The lowest BCUT2D eigenvalue weighted by molar-refractivity contribution is 0.294. The van der Waals surface area contributed by atoms with Crippen LogP contribution in [0.3, 0.4) is 0 Å². The van der Waals surface area contributed by atoms with Crippen molar-refractivity contribution in [3.05, 3.63) is 0 Å². The molecule has 1 aliphatic rings. The van der Waals surface area contributed by atoms with Crippen molar-refractivity contribution >= 4 is 10.2 Å². The van der Waals surface area contributed by atoms with Gasteiger partial charge in [-0.1, -0.05) is 19.3 Å². The third-order valence-electron chi connectivity index (χ3n) is 2.23. The predicted octanol–water partition coefficient (Wildman–Crippen LogP) is 1.87. The predicted molar refractivity (Wildman–Crippen MR) is 41.5 cm³/mol. The zero-order chi connectivity index (χ0) is 8.32. The fraction of sp³-hybridized carbons (Fsp3) is 1.00. The Bertz CT molecular complexity index is 206. The van der Waals surface area contributed by atoms with E-state index >= 15 is 0 Å². The topological polar surface area (TPSA) is 34.1 Å². The average Bonchev–Trinajstić information content (AvgIpc) is 1.73. The monoisotopic (exact) mass is 180 g/mol. The van der Waals surface area contributed by atoms with Crippen molar-refractivity contribution in [1.82, 2.24) is 0 Å². The van der Waals surface area contributed by atoms with Crippen molar-refractivity contribution < 1.29 is 12.3 Å². The van der Waals surface area contributed by atoms with Crippen LogP contribution in [0.4, 0.5) is 3.89 Å². The van der Waals surface area contributed by atoms with Crippen LogP contribution in [0.2, 0.25) is 0 Å². The average molecular weight is 180 g/mol. The lowest BCUT2D eigenvalue weighted by Crippen LogP contribution is -2.12. The van der Waals surface area contributed by atoms with Gasteiger partial charge in [-0.25, -0.2) is 0 Å². The van der Waals surface area contributed by atoms with Crippen LogP contribution in [-0.4, -0.2) is 14.2 Å². The smallest absolute Gasteiger partial charge is 0.195 e. The molecule has 1 saturated carbocycles. The maximum absolute atomic E-state index is 11.9. The lowest BCUT2D eigenvalue weighted by Gasteiger charge is -2.24. The van der Waals surface area contributed by atoms with Crippen molar-refractivity contribution in [3.8, 4) is 0 Å². The molecule has 0 N–H and O–H groups in total. The summed E-state index contributed by atoms with van der Waals surface area (Å²) in [6.07, 6.45) is 5.03. The van der Waals surface area contributed by atoms with Crippen LogP contribution in [-0.2, 0) is 10.2 Å². The molecule has 1 rings (SSSR count). The maximum atomic E-state index is 11.9. The number of halogens is 1. The van der Waals surface area contributed by atoms with Crippen molar-refractivity contribution in [1.29, 1.82) is 0 Å². The van der Waals surface area contributed by atoms with Gasteiger partial charge in [-0.05, 0) is 18.8 Å². The molecule has 0 spiro atoms. The highest BCUT2D eigenvalue weighted by molar-refractivity contribution is 7.86. The zero-order valence-electron chi connectivity index (χ0n) is 6.42. The van der Waals surface area contributed by atoms with Crippen LogP contribution < -0.4 is 0 Å². The van der Waals surface area contributed by atoms with Crippen LogP contribution in [0.1, 0.15) is 32.1 Å². The van der Waals surface area contributed by atoms with E-state index in [1.165, 1.54) is 19.3 Å². The van der Waals surface area contributed by atoms with E-state index in [9.17, 15) is 12.3 Å². The summed E-state index contributed by atoms with van der Waals surface area (Å²) < 4.78 is 32.0. The van der Waals surface area contributed by atoms with Gasteiger partial charge in [0.15, 0.2) is 0 Å². The molecule has 0 atom stereocenters. The van der Waals surface area contributed by atoms with Crippen LogP contribution in [0.25, 0.3) is 0 Å². The fourth-order valence-electron chi connectivity index (χ4n) is 1.33. The largest absolute Gasteiger partial charge is 0.302 e. The van der Waals surface area contributed by atoms with E-state index in [2.05, 4.69) is 0 Å². The maximum Gasteiger partial charge on any atom is 0.302 e. The quantitative estimate of drug-likeness (QED) is 0.619. The van der Waals surface area contributed by atoms with E-state index in [0.29, 0.717) is 12.3 Å². The normalized spacial score (nSPS) is 19.7. The van der Waals surface area contributed by atoms with E-state index in [-0.39, 0.29) is 5.75 Å². The van der Waals surface area contributed by atoms with Gasteiger partial charge in [0.05, 0.1) is 5.75 Å². The molecule has 0 saturated heterocycles. The van der Waals surface area contributed by atoms with Gasteiger partial charge in [-0.15, -0.1) is 3.89 Å². The third kappa shape index (κ3) is 3.70. The van der Waals surface area contributed by atoms with Crippen molar-refractivity contribution in [2.45, 2.75) is 32.1 Å². The van der Waals surface area contributed by atoms with Crippen LogP contribution in [0, 0.1) is 5.92 Å². The zero-order valence-corrected chi connectivity index (χ0v) is 7.24. The Morgan fingerprint density at radius 1 is 1.36 bits per heavy atom. The van der Waals surface area contributed by atoms with Gasteiger partial charge in [0.2, 0.25) is 0 Å². The number of hydrogen-bond acceptors (Lipinski definition) is 2. The molecule has 0 bridgehead atoms. The lowest BCUT2D eigenvalue weighted by atomic mass is 9.82. The second-order valence-corrected chi connectivity index (χ2v) is 4.67. The molecular weight excluding hydrogens is 167 g/mol. The van der Waals surface area contributed by atoms with E-state index in [0.717, 1.165) is 6.42 Å². The minimum absolute atomic E-state index is 0.288. The molecule has 0 aliphatic heterocycles. The van der Waals surface area contributed by atoms with Gasteiger partial charge in [-0.2, -0.15) is 8.42 Å². The second kappa shape index (κ2) is 3.52. The Balaban J connectivity index is 2.04. The highest BCUT2D eigenvalue weighted by atomic mass is 32.3. The van der Waals surface area contributed by atoms with Crippen molar-refractivity contribution in [2.75, 3.05) is 5.75 Å². The molecule has 1 fully saturated rings. The molecule has 0 aromatic carbocycles. The van der Waals surface area contributed by atoms with Crippen LogP contribution >= 0.6 is 0 Å². The standard InChI is InChI=1S/C7H13FO2S/c8-11(9,10)6-2-5-7-3-1-4-7/h7H,1-6H2. The van der Waals surface area contributed by atoms with Gasteiger partial charge in [0.25, 0.3) is 0 Å². The Labute approximate surface area is 67.0 Å². The SMILES string of the molecule is O=S(=O)(F)CCCC1CCC1. The minimum atomic E-state index is -4.20. The van der Waals surface area contributed by atoms with Crippen LogP contribution in [0.5, 0.6) is 0 Å². The van der Waals surface area contributed by atoms with E-state index < -0.39 is 10.2 Å². The van der Waals surface area contributed by atoms with Crippen molar-refractivity contribution in [3.63, 3.8) is 0 Å². The molecule has 0 unspecified atom stereocenters. The summed E-state index contributed by atoms with van der Waals surface area (Å²) in [6, 6.07) is 0. The minimum Gasteiger partial charge on any atom is -0.195 e. The summed E-state index contributed by atoms with van der Waals surface area (Å²) >= 11 is 0. The number of hydrogen-bond donors (Lipinski definition) is 0. The fourth-order valence-corrected chi connectivity index (χ4v) is 1.84.